The number of ether oxygens (including phenoxy) is 1. The van der Waals surface area contributed by atoms with Gasteiger partial charge in [0.1, 0.15) is 11.4 Å². The van der Waals surface area contributed by atoms with Crippen molar-refractivity contribution >= 4 is 22.5 Å². The van der Waals surface area contributed by atoms with Gasteiger partial charge in [0, 0.05) is 30.7 Å². The van der Waals surface area contributed by atoms with Crippen LogP contribution in [0, 0.1) is 6.92 Å². The van der Waals surface area contributed by atoms with Gasteiger partial charge >= 0.3 is 0 Å². The Morgan fingerprint density at radius 1 is 1.10 bits per heavy atom. The maximum atomic E-state index is 12.9. The minimum atomic E-state index is -0.159. The molecular weight excluding hydrogens is 362 g/mol. The molecule has 0 saturated carbocycles. The van der Waals surface area contributed by atoms with Gasteiger partial charge in [-0.2, -0.15) is 0 Å². The summed E-state index contributed by atoms with van der Waals surface area (Å²) in [6.45, 7) is 4.58. The molecule has 1 saturated heterocycles. The van der Waals surface area contributed by atoms with Crippen LogP contribution in [0.1, 0.15) is 40.9 Å². The Labute approximate surface area is 171 Å². The number of benzene rings is 2. The summed E-state index contributed by atoms with van der Waals surface area (Å²) in [4.78, 5) is 19.9. The number of aromatic nitrogens is 1. The zero-order chi connectivity index (χ0) is 20.2. The van der Waals surface area contributed by atoms with E-state index in [1.165, 1.54) is 24.8 Å². The van der Waals surface area contributed by atoms with Gasteiger partial charge in [0.2, 0.25) is 0 Å². The summed E-state index contributed by atoms with van der Waals surface area (Å²) >= 11 is 0. The molecule has 3 aromatic rings. The molecule has 0 bridgehead atoms. The van der Waals surface area contributed by atoms with E-state index in [0.717, 1.165) is 41.0 Å². The summed E-state index contributed by atoms with van der Waals surface area (Å²) in [5, 5.41) is 4.12. The third-order valence-corrected chi connectivity index (χ3v) is 5.46. The number of hydrogen-bond donors (Lipinski definition) is 1. The van der Waals surface area contributed by atoms with Crippen molar-refractivity contribution < 1.29 is 9.53 Å². The molecule has 0 aliphatic carbocycles. The molecule has 0 spiro atoms. The van der Waals surface area contributed by atoms with Crippen molar-refractivity contribution in [2.24, 2.45) is 0 Å². The van der Waals surface area contributed by atoms with Crippen LogP contribution in [0.5, 0.6) is 5.75 Å². The SMILES string of the molecule is COc1cccc(CNC(=O)c2cc(N3CCCCC3)c3cc(C)ccc3n2)c1. The summed E-state index contributed by atoms with van der Waals surface area (Å²) in [7, 11) is 1.64. The zero-order valence-corrected chi connectivity index (χ0v) is 17.1. The molecule has 2 heterocycles. The molecule has 0 unspecified atom stereocenters. The minimum Gasteiger partial charge on any atom is -0.497 e. The standard InChI is InChI=1S/C24H27N3O2/c1-17-9-10-21-20(13-17)23(27-11-4-3-5-12-27)15-22(26-21)24(28)25-16-18-7-6-8-19(14-18)29-2/h6-10,13-15H,3-5,11-12,16H2,1-2H3,(H,25,28). The van der Waals surface area contributed by atoms with Gasteiger partial charge in [-0.3, -0.25) is 4.79 Å². The van der Waals surface area contributed by atoms with Crippen molar-refractivity contribution in [2.75, 3.05) is 25.1 Å². The molecule has 4 rings (SSSR count). The zero-order valence-electron chi connectivity index (χ0n) is 17.1. The van der Waals surface area contributed by atoms with Crippen molar-refractivity contribution in [1.29, 1.82) is 0 Å². The number of hydrogen-bond acceptors (Lipinski definition) is 4. The monoisotopic (exact) mass is 389 g/mol. The number of amides is 1. The third kappa shape index (κ3) is 4.34. The molecule has 0 atom stereocenters. The first kappa shape index (κ1) is 19.2. The van der Waals surface area contributed by atoms with Gasteiger partial charge in [0.15, 0.2) is 0 Å². The van der Waals surface area contributed by atoms with Crippen LogP contribution in [0.4, 0.5) is 5.69 Å². The lowest BCUT2D eigenvalue weighted by Gasteiger charge is -2.30. The summed E-state index contributed by atoms with van der Waals surface area (Å²) in [6, 6.07) is 15.9. The van der Waals surface area contributed by atoms with Crippen molar-refractivity contribution in [1.82, 2.24) is 10.3 Å². The number of nitrogens with one attached hydrogen (secondary N) is 1. The average molecular weight is 389 g/mol. The Hall–Kier alpha value is -3.08. The lowest BCUT2D eigenvalue weighted by Crippen LogP contribution is -2.30. The van der Waals surface area contributed by atoms with Crippen LogP contribution in [0.15, 0.2) is 48.5 Å². The van der Waals surface area contributed by atoms with Gasteiger partial charge in [0.05, 0.1) is 12.6 Å². The quantitative estimate of drug-likeness (QED) is 0.699. The molecule has 0 radical (unpaired) electrons. The average Bonchev–Trinajstić information content (AvgIpc) is 2.77. The van der Waals surface area contributed by atoms with E-state index in [1.807, 2.05) is 42.5 Å². The largest absolute Gasteiger partial charge is 0.497 e. The van der Waals surface area contributed by atoms with E-state index in [4.69, 9.17) is 4.74 Å². The normalized spacial score (nSPS) is 14.1. The maximum Gasteiger partial charge on any atom is 0.270 e. The summed E-state index contributed by atoms with van der Waals surface area (Å²) in [5.41, 5.74) is 4.64. The van der Waals surface area contributed by atoms with Gasteiger partial charge in [-0.15, -0.1) is 0 Å². The third-order valence-electron chi connectivity index (χ3n) is 5.46. The number of piperidine rings is 1. The highest BCUT2D eigenvalue weighted by atomic mass is 16.5. The van der Waals surface area contributed by atoms with Gasteiger partial charge in [0.25, 0.3) is 5.91 Å². The van der Waals surface area contributed by atoms with Gasteiger partial charge in [-0.25, -0.2) is 4.98 Å². The number of nitrogens with zero attached hydrogens (tertiary/aromatic N) is 2. The predicted octanol–water partition coefficient (Wildman–Crippen LogP) is 4.47. The van der Waals surface area contributed by atoms with Crippen LogP contribution < -0.4 is 15.0 Å². The molecule has 1 fully saturated rings. The summed E-state index contributed by atoms with van der Waals surface area (Å²) in [5.74, 6) is 0.622. The van der Waals surface area contributed by atoms with E-state index in [-0.39, 0.29) is 5.91 Å². The molecule has 1 aromatic heterocycles. The molecule has 5 heteroatoms. The predicted molar refractivity (Wildman–Crippen MR) is 117 cm³/mol. The van der Waals surface area contributed by atoms with E-state index in [2.05, 4.69) is 28.2 Å². The first-order valence-corrected chi connectivity index (χ1v) is 10.2. The van der Waals surface area contributed by atoms with Crippen LogP contribution in [0.25, 0.3) is 10.9 Å². The fourth-order valence-electron chi connectivity index (χ4n) is 3.89. The smallest absolute Gasteiger partial charge is 0.270 e. The Bertz CT molecular complexity index is 1030. The van der Waals surface area contributed by atoms with E-state index in [0.29, 0.717) is 12.2 Å². The second kappa shape index (κ2) is 8.52. The van der Waals surface area contributed by atoms with Gasteiger partial charge in [-0.1, -0.05) is 23.8 Å². The number of methoxy groups -OCH3 is 1. The number of carbonyl (C=O) groups is 1. The second-order valence-electron chi connectivity index (χ2n) is 7.63. The molecule has 1 aliphatic rings. The van der Waals surface area contributed by atoms with Gasteiger partial charge in [-0.05, 0) is 62.1 Å². The summed E-state index contributed by atoms with van der Waals surface area (Å²) in [6.07, 6.45) is 3.65. The fraction of sp³-hybridized carbons (Fsp3) is 0.333. The van der Waals surface area contributed by atoms with Crippen molar-refractivity contribution in [2.45, 2.75) is 32.7 Å². The summed E-state index contributed by atoms with van der Waals surface area (Å²) < 4.78 is 5.26. The van der Waals surface area contributed by atoms with Crippen molar-refractivity contribution in [3.8, 4) is 5.75 Å². The van der Waals surface area contributed by atoms with Crippen LogP contribution in [-0.2, 0) is 6.54 Å². The van der Waals surface area contributed by atoms with E-state index >= 15 is 0 Å². The van der Waals surface area contributed by atoms with E-state index in [9.17, 15) is 4.79 Å². The molecule has 1 amide bonds. The second-order valence-corrected chi connectivity index (χ2v) is 7.63. The van der Waals surface area contributed by atoms with Gasteiger partial charge < -0.3 is 15.0 Å². The molecule has 29 heavy (non-hydrogen) atoms. The van der Waals surface area contributed by atoms with Crippen LogP contribution in [0.3, 0.4) is 0 Å². The number of pyridine rings is 1. The molecular formula is C24H27N3O2. The molecule has 1 N–H and O–H groups in total. The number of fused-ring (bicyclic) bond motifs is 1. The molecule has 5 nitrogen and oxygen atoms in total. The first-order valence-electron chi connectivity index (χ1n) is 10.2. The lowest BCUT2D eigenvalue weighted by molar-refractivity contribution is 0.0946. The highest BCUT2D eigenvalue weighted by Gasteiger charge is 2.18. The number of anilines is 1. The van der Waals surface area contributed by atoms with E-state index < -0.39 is 0 Å². The number of rotatable bonds is 5. The highest BCUT2D eigenvalue weighted by molar-refractivity contribution is 6.00. The number of aryl methyl sites for hydroxylation is 1. The molecule has 1 aliphatic heterocycles. The van der Waals surface area contributed by atoms with E-state index in [1.54, 1.807) is 7.11 Å². The Balaban J connectivity index is 1.62. The molecule has 2 aromatic carbocycles. The number of carbonyl (C=O) groups excluding carboxylic acids is 1. The minimum absolute atomic E-state index is 0.159. The van der Waals surface area contributed by atoms with Crippen LogP contribution in [0.2, 0.25) is 0 Å². The fourth-order valence-corrected chi connectivity index (χ4v) is 3.89. The Morgan fingerprint density at radius 3 is 2.72 bits per heavy atom. The van der Waals surface area contributed by atoms with Crippen molar-refractivity contribution in [3.63, 3.8) is 0 Å². The van der Waals surface area contributed by atoms with Crippen molar-refractivity contribution in [3.05, 3.63) is 65.4 Å². The Kier molecular flexibility index (Phi) is 5.65. The topological polar surface area (TPSA) is 54.5 Å². The first-order chi connectivity index (χ1) is 14.1. The lowest BCUT2D eigenvalue weighted by atomic mass is 10.1. The molecule has 150 valence electrons. The Morgan fingerprint density at radius 2 is 1.93 bits per heavy atom. The highest BCUT2D eigenvalue weighted by Crippen LogP contribution is 2.30. The van der Waals surface area contributed by atoms with Crippen LogP contribution >= 0.6 is 0 Å². The maximum absolute atomic E-state index is 12.9. The van der Waals surface area contributed by atoms with Crippen LogP contribution in [-0.4, -0.2) is 31.1 Å².